The monoisotopic (exact) mass is 325 g/mol. The summed E-state index contributed by atoms with van der Waals surface area (Å²) in [5, 5.41) is 0. The maximum absolute atomic E-state index is 12.2. The third kappa shape index (κ3) is 2.95. The number of benzene rings is 1. The molecule has 0 bridgehead atoms. The number of carbonyl (C=O) groups is 1. The van der Waals surface area contributed by atoms with E-state index in [0.717, 1.165) is 29.8 Å². The Bertz CT molecular complexity index is 476. The molecule has 1 amide bonds. The third-order valence-electron chi connectivity index (χ3n) is 3.40. The molecular weight excluding hydrogens is 305 g/mol. The number of amides is 1. The first-order valence-electron chi connectivity index (χ1n) is 6.43. The first-order valence-corrected chi connectivity index (χ1v) is 7.64. The van der Waals surface area contributed by atoms with Gasteiger partial charge in [-0.05, 0) is 0 Å². The Hall–Kier alpha value is -0.992. The minimum atomic E-state index is 0.173. The molecule has 1 aromatic carbocycles. The van der Waals surface area contributed by atoms with Gasteiger partial charge in [-0.2, -0.15) is 0 Å². The van der Waals surface area contributed by atoms with Crippen molar-refractivity contribution in [3.63, 3.8) is 0 Å². The van der Waals surface area contributed by atoms with Gasteiger partial charge >= 0.3 is 122 Å². The van der Waals surface area contributed by atoms with E-state index in [4.69, 9.17) is 9.47 Å². The number of anilines is 1. The van der Waals surface area contributed by atoms with Crippen LogP contribution in [0.3, 0.4) is 0 Å². The standard InChI is InChI=1S/C14H20AsNO3/c1-18-9-8-16-12-7-6-11(15)14(19-2)10(12)4-3-5-13(16)17/h6-7H,3-5,8-9,15H2,1-2H3. The molecule has 0 spiro atoms. The second-order valence-corrected chi connectivity index (χ2v) is 5.88. The molecule has 0 saturated heterocycles. The van der Waals surface area contributed by atoms with Crippen molar-refractivity contribution in [1.29, 1.82) is 0 Å². The number of nitrogens with zero attached hydrogens (tertiary/aromatic N) is 1. The number of rotatable bonds is 4. The molecule has 1 aliphatic heterocycles. The van der Waals surface area contributed by atoms with Gasteiger partial charge in [0.15, 0.2) is 0 Å². The van der Waals surface area contributed by atoms with E-state index in [1.165, 1.54) is 4.35 Å². The maximum atomic E-state index is 12.2. The van der Waals surface area contributed by atoms with Crippen LogP contribution in [0.2, 0.25) is 0 Å². The minimum absolute atomic E-state index is 0.173. The van der Waals surface area contributed by atoms with Crippen LogP contribution >= 0.6 is 0 Å². The summed E-state index contributed by atoms with van der Waals surface area (Å²) < 4.78 is 11.8. The van der Waals surface area contributed by atoms with Gasteiger partial charge in [-0.3, -0.25) is 0 Å². The van der Waals surface area contributed by atoms with Gasteiger partial charge in [-0.1, -0.05) is 0 Å². The van der Waals surface area contributed by atoms with Crippen molar-refractivity contribution in [3.05, 3.63) is 17.7 Å². The van der Waals surface area contributed by atoms with Gasteiger partial charge < -0.3 is 0 Å². The van der Waals surface area contributed by atoms with Crippen LogP contribution in [-0.2, 0) is 16.0 Å². The summed E-state index contributed by atoms with van der Waals surface area (Å²) >= 11 is 1.55. The second-order valence-electron chi connectivity index (χ2n) is 4.58. The normalized spacial score (nSPS) is 15.1. The molecule has 0 fully saturated rings. The van der Waals surface area contributed by atoms with Crippen LogP contribution in [-0.4, -0.2) is 50.1 Å². The molecule has 5 heteroatoms. The summed E-state index contributed by atoms with van der Waals surface area (Å²) in [6, 6.07) is 4.07. The molecule has 0 saturated carbocycles. The van der Waals surface area contributed by atoms with Gasteiger partial charge in [0, 0.05) is 0 Å². The predicted octanol–water partition coefficient (Wildman–Crippen LogP) is 0.269. The molecule has 0 radical (unpaired) electrons. The zero-order chi connectivity index (χ0) is 13.8. The molecule has 1 unspecified atom stereocenters. The van der Waals surface area contributed by atoms with E-state index in [1.54, 1.807) is 31.1 Å². The fourth-order valence-electron chi connectivity index (χ4n) is 2.48. The van der Waals surface area contributed by atoms with Crippen LogP contribution in [0.25, 0.3) is 0 Å². The number of ether oxygens (including phenoxy) is 2. The average molecular weight is 325 g/mol. The number of fused-ring (bicyclic) bond motifs is 1. The number of hydrogen-bond donors (Lipinski definition) is 0. The van der Waals surface area contributed by atoms with Crippen LogP contribution in [0.5, 0.6) is 5.75 Å². The van der Waals surface area contributed by atoms with Crippen molar-refractivity contribution < 1.29 is 14.3 Å². The van der Waals surface area contributed by atoms with Gasteiger partial charge in [0.05, 0.1) is 0 Å². The first kappa shape index (κ1) is 14.4. The second kappa shape index (κ2) is 6.44. The summed E-state index contributed by atoms with van der Waals surface area (Å²) in [7, 11) is 3.35. The number of methoxy groups -OCH3 is 2. The summed E-state index contributed by atoms with van der Waals surface area (Å²) in [4.78, 5) is 14.0. The molecule has 1 aliphatic rings. The summed E-state index contributed by atoms with van der Waals surface area (Å²) in [6.07, 6.45) is 2.36. The van der Waals surface area contributed by atoms with Crippen LogP contribution in [0.15, 0.2) is 12.1 Å². The molecule has 0 aromatic heterocycles. The SMILES string of the molecule is COCCN1C(=O)CCCc2c1ccc([AsH2])c2OC. The van der Waals surface area contributed by atoms with Gasteiger partial charge in [0.1, 0.15) is 0 Å². The summed E-state index contributed by atoms with van der Waals surface area (Å²) in [5.41, 5.74) is 2.14. The van der Waals surface area contributed by atoms with Crippen molar-refractivity contribution in [2.24, 2.45) is 0 Å². The Balaban J connectivity index is 2.45. The van der Waals surface area contributed by atoms with Crippen molar-refractivity contribution in [2.75, 3.05) is 32.3 Å². The summed E-state index contributed by atoms with van der Waals surface area (Å²) in [6.45, 7) is 1.14. The Morgan fingerprint density at radius 1 is 1.32 bits per heavy atom. The van der Waals surface area contributed by atoms with E-state index in [9.17, 15) is 4.79 Å². The van der Waals surface area contributed by atoms with Crippen LogP contribution in [0.1, 0.15) is 18.4 Å². The molecule has 1 atom stereocenters. The molecular formula is C14H20AsNO3. The van der Waals surface area contributed by atoms with E-state index in [0.29, 0.717) is 19.6 Å². The van der Waals surface area contributed by atoms with Crippen LogP contribution < -0.4 is 14.0 Å². The van der Waals surface area contributed by atoms with Crippen molar-refractivity contribution in [3.8, 4) is 5.75 Å². The fourth-order valence-corrected chi connectivity index (χ4v) is 3.30. The third-order valence-corrected chi connectivity index (χ3v) is 4.35. The fraction of sp³-hybridized carbons (Fsp3) is 0.500. The topological polar surface area (TPSA) is 38.8 Å². The van der Waals surface area contributed by atoms with E-state index in [1.807, 2.05) is 17.0 Å². The van der Waals surface area contributed by atoms with Gasteiger partial charge in [-0.15, -0.1) is 0 Å². The van der Waals surface area contributed by atoms with Crippen molar-refractivity contribution >= 4 is 32.8 Å². The van der Waals surface area contributed by atoms with Crippen molar-refractivity contribution in [2.45, 2.75) is 19.3 Å². The molecule has 4 nitrogen and oxygen atoms in total. The Morgan fingerprint density at radius 2 is 2.11 bits per heavy atom. The van der Waals surface area contributed by atoms with Crippen LogP contribution in [0, 0.1) is 0 Å². The molecule has 19 heavy (non-hydrogen) atoms. The van der Waals surface area contributed by atoms with Crippen molar-refractivity contribution in [1.82, 2.24) is 0 Å². The number of carbonyl (C=O) groups excluding carboxylic acids is 1. The Kier molecular flexibility index (Phi) is 4.89. The number of hydrogen-bond acceptors (Lipinski definition) is 3. The Labute approximate surface area is 122 Å². The molecule has 2 rings (SSSR count). The van der Waals surface area contributed by atoms with E-state index >= 15 is 0 Å². The molecule has 1 heterocycles. The predicted molar refractivity (Wildman–Crippen MR) is 78.3 cm³/mol. The quantitative estimate of drug-likeness (QED) is 0.746. The Morgan fingerprint density at radius 3 is 2.79 bits per heavy atom. The van der Waals surface area contributed by atoms with E-state index < -0.39 is 0 Å². The van der Waals surface area contributed by atoms with Gasteiger partial charge in [0.25, 0.3) is 0 Å². The van der Waals surface area contributed by atoms with Gasteiger partial charge in [0.2, 0.25) is 0 Å². The summed E-state index contributed by atoms with van der Waals surface area (Å²) in [5.74, 6) is 1.11. The van der Waals surface area contributed by atoms with E-state index in [2.05, 4.69) is 0 Å². The average Bonchev–Trinajstić information content (AvgIpc) is 2.55. The van der Waals surface area contributed by atoms with Gasteiger partial charge in [-0.25, -0.2) is 0 Å². The molecule has 0 aliphatic carbocycles. The van der Waals surface area contributed by atoms with E-state index in [-0.39, 0.29) is 5.91 Å². The molecule has 104 valence electrons. The molecule has 0 N–H and O–H groups in total. The van der Waals surface area contributed by atoms with Crippen LogP contribution in [0.4, 0.5) is 5.69 Å². The zero-order valence-corrected chi connectivity index (χ0v) is 13.9. The first-order chi connectivity index (χ1) is 9.19. The zero-order valence-electron chi connectivity index (χ0n) is 11.4. The molecule has 1 aromatic rings.